The Labute approximate surface area is 117 Å². The van der Waals surface area contributed by atoms with E-state index in [1.165, 1.54) is 0 Å². The highest BCUT2D eigenvalue weighted by atomic mass is 16.5. The minimum Gasteiger partial charge on any atom is -0.461 e. The Kier molecular flexibility index (Phi) is 3.30. The Morgan fingerprint density at radius 3 is 2.45 bits per heavy atom. The molecule has 2 aliphatic rings. The molecule has 3 atom stereocenters. The zero-order chi connectivity index (χ0) is 14.1. The summed E-state index contributed by atoms with van der Waals surface area (Å²) in [4.78, 5) is 23.0. The first kappa shape index (κ1) is 12.9. The summed E-state index contributed by atoms with van der Waals surface area (Å²) in [6.45, 7) is 0.246. The van der Waals surface area contributed by atoms with Crippen LogP contribution in [-0.4, -0.2) is 11.9 Å². The number of carbonyl (C=O) groups excluding carboxylic acids is 2. The standard InChI is InChI=1S/C16H17NO3/c17-15(18)12-4-1-10(2-5-12)9-20-16(19)14-8-11-3-6-13(14)7-11/h1-6,11,13-14H,7-9H2,(H2,17,18)/t11-,13-,14+/m0/s1. The van der Waals surface area contributed by atoms with Crippen molar-refractivity contribution in [2.45, 2.75) is 19.4 Å². The lowest BCUT2D eigenvalue weighted by atomic mass is 9.94. The second kappa shape index (κ2) is 5.12. The van der Waals surface area contributed by atoms with E-state index >= 15 is 0 Å². The Hall–Kier alpha value is -2.10. The van der Waals surface area contributed by atoms with Gasteiger partial charge in [0, 0.05) is 5.56 Å². The molecule has 2 aliphatic carbocycles. The highest BCUT2D eigenvalue weighted by Crippen LogP contribution is 2.43. The van der Waals surface area contributed by atoms with Crippen molar-refractivity contribution in [1.29, 1.82) is 0 Å². The summed E-state index contributed by atoms with van der Waals surface area (Å²) in [5.41, 5.74) is 6.49. The van der Waals surface area contributed by atoms with Gasteiger partial charge in [-0.1, -0.05) is 24.3 Å². The number of carbonyl (C=O) groups is 2. The van der Waals surface area contributed by atoms with E-state index in [0.29, 0.717) is 17.4 Å². The number of amides is 1. The van der Waals surface area contributed by atoms with E-state index in [2.05, 4.69) is 12.2 Å². The number of rotatable bonds is 4. The van der Waals surface area contributed by atoms with Gasteiger partial charge in [0.15, 0.2) is 0 Å². The van der Waals surface area contributed by atoms with Crippen molar-refractivity contribution in [2.24, 2.45) is 23.5 Å². The van der Waals surface area contributed by atoms with Gasteiger partial charge in [-0.15, -0.1) is 0 Å². The minimum atomic E-state index is -0.456. The fourth-order valence-electron chi connectivity index (χ4n) is 3.08. The quantitative estimate of drug-likeness (QED) is 0.673. The van der Waals surface area contributed by atoms with Crippen molar-refractivity contribution >= 4 is 11.9 Å². The lowest BCUT2D eigenvalue weighted by Crippen LogP contribution is -2.21. The van der Waals surface area contributed by atoms with Gasteiger partial charge in [-0.3, -0.25) is 9.59 Å². The molecule has 3 rings (SSSR count). The molecule has 0 heterocycles. The summed E-state index contributed by atoms with van der Waals surface area (Å²) in [5.74, 6) is 0.384. The summed E-state index contributed by atoms with van der Waals surface area (Å²) in [7, 11) is 0. The van der Waals surface area contributed by atoms with Crippen molar-refractivity contribution in [1.82, 2.24) is 0 Å². The fraction of sp³-hybridized carbons (Fsp3) is 0.375. The van der Waals surface area contributed by atoms with Gasteiger partial charge in [-0.05, 0) is 42.4 Å². The molecule has 0 radical (unpaired) electrons. The number of allylic oxidation sites excluding steroid dienone is 2. The molecule has 1 amide bonds. The third kappa shape index (κ3) is 2.46. The van der Waals surface area contributed by atoms with E-state index in [1.54, 1.807) is 24.3 Å². The zero-order valence-electron chi connectivity index (χ0n) is 11.1. The van der Waals surface area contributed by atoms with Crippen molar-refractivity contribution in [3.05, 3.63) is 47.5 Å². The lowest BCUT2D eigenvalue weighted by Gasteiger charge is -2.16. The third-order valence-corrected chi connectivity index (χ3v) is 4.20. The first-order chi connectivity index (χ1) is 9.63. The average molecular weight is 271 g/mol. The van der Waals surface area contributed by atoms with Crippen molar-refractivity contribution in [3.8, 4) is 0 Å². The second-order valence-electron chi connectivity index (χ2n) is 5.56. The summed E-state index contributed by atoms with van der Waals surface area (Å²) in [5, 5.41) is 0. The molecule has 1 fully saturated rings. The predicted molar refractivity (Wildman–Crippen MR) is 73.6 cm³/mol. The Morgan fingerprint density at radius 2 is 1.90 bits per heavy atom. The van der Waals surface area contributed by atoms with E-state index in [-0.39, 0.29) is 18.5 Å². The Balaban J connectivity index is 1.55. The summed E-state index contributed by atoms with van der Waals surface area (Å²) in [6.07, 6.45) is 6.35. The molecule has 0 unspecified atom stereocenters. The van der Waals surface area contributed by atoms with Crippen molar-refractivity contribution in [2.75, 3.05) is 0 Å². The van der Waals surface area contributed by atoms with E-state index < -0.39 is 5.91 Å². The maximum absolute atomic E-state index is 12.1. The molecule has 4 heteroatoms. The maximum Gasteiger partial charge on any atom is 0.309 e. The van der Waals surface area contributed by atoms with Crippen LogP contribution in [0.4, 0.5) is 0 Å². The van der Waals surface area contributed by atoms with E-state index in [0.717, 1.165) is 18.4 Å². The maximum atomic E-state index is 12.1. The van der Waals surface area contributed by atoms with Crippen LogP contribution in [0.1, 0.15) is 28.8 Å². The van der Waals surface area contributed by atoms with Gasteiger partial charge < -0.3 is 10.5 Å². The number of hydrogen-bond donors (Lipinski definition) is 1. The van der Waals surface area contributed by atoms with Crippen molar-refractivity contribution < 1.29 is 14.3 Å². The van der Waals surface area contributed by atoms with E-state index in [9.17, 15) is 9.59 Å². The largest absolute Gasteiger partial charge is 0.461 e. The molecule has 1 saturated carbocycles. The lowest BCUT2D eigenvalue weighted by molar-refractivity contribution is -0.150. The van der Waals surface area contributed by atoms with Crippen LogP contribution in [0.2, 0.25) is 0 Å². The minimum absolute atomic E-state index is 0.0230. The number of fused-ring (bicyclic) bond motifs is 2. The van der Waals surface area contributed by atoms with E-state index in [1.807, 2.05) is 0 Å². The molecule has 2 N–H and O–H groups in total. The molecular formula is C16H17NO3. The van der Waals surface area contributed by atoms with Crippen LogP contribution < -0.4 is 5.73 Å². The molecular weight excluding hydrogens is 254 g/mol. The number of esters is 1. The van der Waals surface area contributed by atoms with Crippen LogP contribution >= 0.6 is 0 Å². The van der Waals surface area contributed by atoms with Gasteiger partial charge in [-0.2, -0.15) is 0 Å². The molecule has 4 nitrogen and oxygen atoms in total. The van der Waals surface area contributed by atoms with Crippen LogP contribution in [0, 0.1) is 17.8 Å². The highest BCUT2D eigenvalue weighted by Gasteiger charge is 2.40. The van der Waals surface area contributed by atoms with Crippen LogP contribution in [0.5, 0.6) is 0 Å². The smallest absolute Gasteiger partial charge is 0.309 e. The molecule has 1 aromatic rings. The number of ether oxygens (including phenoxy) is 1. The molecule has 104 valence electrons. The van der Waals surface area contributed by atoms with Gasteiger partial charge >= 0.3 is 5.97 Å². The summed E-state index contributed by atoms with van der Waals surface area (Å²) < 4.78 is 5.38. The summed E-state index contributed by atoms with van der Waals surface area (Å²) >= 11 is 0. The monoisotopic (exact) mass is 271 g/mol. The van der Waals surface area contributed by atoms with Crippen LogP contribution in [0.25, 0.3) is 0 Å². The molecule has 0 saturated heterocycles. The normalized spacial score (nSPS) is 26.7. The number of hydrogen-bond acceptors (Lipinski definition) is 3. The second-order valence-corrected chi connectivity index (χ2v) is 5.56. The SMILES string of the molecule is NC(=O)c1ccc(COC(=O)[C@@H]2C[C@H]3C=C[C@H]2C3)cc1. The molecule has 2 bridgehead atoms. The van der Waals surface area contributed by atoms with Gasteiger partial charge in [0.05, 0.1) is 5.92 Å². The van der Waals surface area contributed by atoms with Crippen molar-refractivity contribution in [3.63, 3.8) is 0 Å². The number of nitrogens with two attached hydrogens (primary N) is 1. The first-order valence-electron chi connectivity index (χ1n) is 6.87. The third-order valence-electron chi connectivity index (χ3n) is 4.20. The van der Waals surface area contributed by atoms with Gasteiger partial charge in [0.25, 0.3) is 0 Å². The number of benzene rings is 1. The zero-order valence-corrected chi connectivity index (χ0v) is 11.1. The molecule has 0 aliphatic heterocycles. The van der Waals surface area contributed by atoms with Crippen LogP contribution in [0.3, 0.4) is 0 Å². The van der Waals surface area contributed by atoms with Crippen LogP contribution in [-0.2, 0) is 16.1 Å². The Morgan fingerprint density at radius 1 is 1.15 bits per heavy atom. The molecule has 20 heavy (non-hydrogen) atoms. The van der Waals surface area contributed by atoms with Crippen LogP contribution in [0.15, 0.2) is 36.4 Å². The topological polar surface area (TPSA) is 69.4 Å². The molecule has 1 aromatic carbocycles. The average Bonchev–Trinajstić information content (AvgIpc) is 3.08. The van der Waals surface area contributed by atoms with Gasteiger partial charge in [0.2, 0.25) is 5.91 Å². The molecule has 0 spiro atoms. The summed E-state index contributed by atoms with van der Waals surface area (Å²) in [6, 6.07) is 6.81. The first-order valence-corrected chi connectivity index (χ1v) is 6.87. The van der Waals surface area contributed by atoms with Gasteiger partial charge in [-0.25, -0.2) is 0 Å². The fourth-order valence-corrected chi connectivity index (χ4v) is 3.08. The highest BCUT2D eigenvalue weighted by molar-refractivity contribution is 5.92. The van der Waals surface area contributed by atoms with Gasteiger partial charge in [0.1, 0.15) is 6.61 Å². The Bertz CT molecular complexity index is 562. The molecule has 0 aromatic heterocycles. The predicted octanol–water partition coefficient (Wildman–Crippen LogP) is 2.04. The van der Waals surface area contributed by atoms with E-state index in [4.69, 9.17) is 10.5 Å². The number of primary amides is 1.